The highest BCUT2D eigenvalue weighted by molar-refractivity contribution is 9.10. The molecule has 2 aliphatic heterocycles. The fourth-order valence-corrected chi connectivity index (χ4v) is 4.41. The molecule has 1 fully saturated rings. The van der Waals surface area contributed by atoms with Crippen molar-refractivity contribution in [2.45, 2.75) is 25.0 Å². The lowest BCUT2D eigenvalue weighted by molar-refractivity contribution is 0.0725. The summed E-state index contributed by atoms with van der Waals surface area (Å²) >= 11 is 3.50. The summed E-state index contributed by atoms with van der Waals surface area (Å²) in [5, 5.41) is 3.68. The van der Waals surface area contributed by atoms with Crippen LogP contribution in [0.4, 0.5) is 0 Å². The topological polar surface area (TPSA) is 26.3 Å². The van der Waals surface area contributed by atoms with Crippen LogP contribution in [0.1, 0.15) is 36.2 Å². The van der Waals surface area contributed by atoms with Gasteiger partial charge in [0.2, 0.25) is 0 Å². The van der Waals surface area contributed by atoms with Crippen molar-refractivity contribution in [3.8, 4) is 0 Å². The summed E-state index contributed by atoms with van der Waals surface area (Å²) in [6.07, 6.45) is 2.38. The zero-order chi connectivity index (χ0) is 14.8. The maximum atomic E-state index is 13.1. The summed E-state index contributed by atoms with van der Waals surface area (Å²) in [5.74, 6) is 0. The second-order valence-corrected chi connectivity index (χ2v) is 7.00. The van der Waals surface area contributed by atoms with Crippen LogP contribution in [0, 0.1) is 0 Å². The first-order chi connectivity index (χ1) is 10.7. The predicted molar refractivity (Wildman–Crippen MR) is 91.2 cm³/mol. The van der Waals surface area contributed by atoms with Gasteiger partial charge in [0.25, 0.3) is 0 Å². The number of halogens is 1. The maximum Gasteiger partial charge on any atom is 0.194 e. The van der Waals surface area contributed by atoms with Crippen molar-refractivity contribution < 1.29 is 4.74 Å². The highest BCUT2D eigenvalue weighted by Crippen LogP contribution is 2.53. The summed E-state index contributed by atoms with van der Waals surface area (Å²) in [6.45, 7) is 0. The van der Waals surface area contributed by atoms with Gasteiger partial charge in [-0.1, -0.05) is 46.3 Å². The molecule has 2 aliphatic rings. The molecule has 0 spiro atoms. The fraction of sp³-hybridized carbons (Fsp3) is 0.211. The first-order valence-electron chi connectivity index (χ1n) is 7.57. The molecule has 22 heavy (non-hydrogen) atoms. The van der Waals surface area contributed by atoms with Crippen molar-refractivity contribution in [2.24, 2.45) is 0 Å². The van der Waals surface area contributed by atoms with Gasteiger partial charge in [0.15, 0.2) is 5.43 Å². The minimum atomic E-state index is 0.112. The third-order valence-corrected chi connectivity index (χ3v) is 5.43. The summed E-state index contributed by atoms with van der Waals surface area (Å²) in [7, 11) is 0. The van der Waals surface area contributed by atoms with Gasteiger partial charge in [0.1, 0.15) is 0 Å². The van der Waals surface area contributed by atoms with Crippen LogP contribution in [0.3, 0.4) is 0 Å². The van der Waals surface area contributed by atoms with E-state index in [4.69, 9.17) is 4.74 Å². The summed E-state index contributed by atoms with van der Waals surface area (Å²) < 4.78 is 7.09. The van der Waals surface area contributed by atoms with Gasteiger partial charge in [-0.05, 0) is 46.9 Å². The van der Waals surface area contributed by atoms with Gasteiger partial charge in [-0.25, -0.2) is 0 Å². The summed E-state index contributed by atoms with van der Waals surface area (Å²) in [6, 6.07) is 14.0. The third-order valence-electron chi connectivity index (χ3n) is 4.93. The Hall–Kier alpha value is -1.71. The average Bonchev–Trinajstić information content (AvgIpc) is 3.12. The molecule has 0 saturated carbocycles. The van der Waals surface area contributed by atoms with Gasteiger partial charge >= 0.3 is 0 Å². The molecule has 2 nitrogen and oxygen atoms in total. The number of hydrogen-bond donors (Lipinski definition) is 0. The van der Waals surface area contributed by atoms with Crippen molar-refractivity contribution in [2.75, 3.05) is 0 Å². The highest BCUT2D eigenvalue weighted by Gasteiger charge is 2.40. The van der Waals surface area contributed by atoms with E-state index in [9.17, 15) is 4.79 Å². The quantitative estimate of drug-likeness (QED) is 0.567. The zero-order valence-corrected chi connectivity index (χ0v) is 13.4. The normalized spacial score (nSPS) is 22.4. The van der Waals surface area contributed by atoms with Crippen LogP contribution < -0.4 is 5.43 Å². The van der Waals surface area contributed by atoms with Crippen molar-refractivity contribution in [3.05, 3.63) is 68.3 Å². The molecule has 0 radical (unpaired) electrons. The van der Waals surface area contributed by atoms with Crippen LogP contribution in [0.5, 0.6) is 0 Å². The third kappa shape index (κ3) is 1.56. The van der Waals surface area contributed by atoms with E-state index in [0.717, 1.165) is 38.9 Å². The minimum Gasteiger partial charge on any atom is -0.366 e. The molecule has 0 N–H and O–H groups in total. The Morgan fingerprint density at radius 2 is 1.50 bits per heavy atom. The molecule has 108 valence electrons. The van der Waals surface area contributed by atoms with E-state index in [1.165, 1.54) is 11.1 Å². The molecule has 0 amide bonds. The smallest absolute Gasteiger partial charge is 0.194 e. The first-order valence-corrected chi connectivity index (χ1v) is 8.37. The van der Waals surface area contributed by atoms with E-state index >= 15 is 0 Å². The predicted octanol–water partition coefficient (Wildman–Crippen LogP) is 5.02. The Bertz CT molecular complexity index is 1010. The number of ether oxygens (including phenoxy) is 1. The molecule has 0 aromatic heterocycles. The van der Waals surface area contributed by atoms with Crippen molar-refractivity contribution in [3.63, 3.8) is 0 Å². The Morgan fingerprint density at radius 3 is 2.23 bits per heavy atom. The van der Waals surface area contributed by atoms with E-state index in [2.05, 4.69) is 28.1 Å². The molecule has 2 bridgehead atoms. The minimum absolute atomic E-state index is 0.112. The lowest BCUT2D eigenvalue weighted by atomic mass is 9.89. The van der Waals surface area contributed by atoms with Crippen molar-refractivity contribution in [1.29, 1.82) is 0 Å². The molecule has 2 unspecified atom stereocenters. The first kappa shape index (κ1) is 12.8. The van der Waals surface area contributed by atoms with Gasteiger partial charge in [-0.15, -0.1) is 0 Å². The molecule has 3 aromatic rings. The van der Waals surface area contributed by atoms with Gasteiger partial charge in [-0.3, -0.25) is 4.79 Å². The number of rotatable bonds is 0. The number of fused-ring (bicyclic) bond motifs is 9. The largest absolute Gasteiger partial charge is 0.366 e. The number of benzene rings is 2. The van der Waals surface area contributed by atoms with Crippen LogP contribution in [-0.4, -0.2) is 0 Å². The van der Waals surface area contributed by atoms with E-state index in [0.29, 0.717) is 0 Å². The standard InChI is InChI=1S/C19H13BrO2/c20-10-5-6-12-14(9-10)19(21)13-4-2-1-3-11(13)17-15-7-8-16(22-15)18(12)17/h1-6,9,15-16H,7-8H2. The van der Waals surface area contributed by atoms with E-state index in [1.54, 1.807) is 0 Å². The van der Waals surface area contributed by atoms with Gasteiger partial charge in [-0.2, -0.15) is 0 Å². The molecular weight excluding hydrogens is 340 g/mol. The summed E-state index contributed by atoms with van der Waals surface area (Å²) in [5.41, 5.74) is 2.58. The molecule has 1 saturated heterocycles. The lowest BCUT2D eigenvalue weighted by Crippen LogP contribution is -1.99. The van der Waals surface area contributed by atoms with E-state index in [-0.39, 0.29) is 17.6 Å². The SMILES string of the molecule is O=c1c2ccccc2c2c(c3ccc(Br)cc13)C1CCC2O1. The van der Waals surface area contributed by atoms with Gasteiger partial charge in [0, 0.05) is 15.2 Å². The summed E-state index contributed by atoms with van der Waals surface area (Å²) in [4.78, 5) is 13.1. The lowest BCUT2D eigenvalue weighted by Gasteiger charge is -2.12. The second-order valence-electron chi connectivity index (χ2n) is 6.08. The fourth-order valence-electron chi connectivity index (χ4n) is 4.05. The van der Waals surface area contributed by atoms with Crippen LogP contribution in [0.15, 0.2) is 51.7 Å². The van der Waals surface area contributed by atoms with Gasteiger partial charge < -0.3 is 4.74 Å². The molecule has 3 heteroatoms. The van der Waals surface area contributed by atoms with Crippen molar-refractivity contribution in [1.82, 2.24) is 0 Å². The van der Waals surface area contributed by atoms with Crippen molar-refractivity contribution >= 4 is 37.5 Å². The second kappa shape index (κ2) is 4.40. The average molecular weight is 353 g/mol. The maximum absolute atomic E-state index is 13.1. The Labute approximate surface area is 135 Å². The molecule has 5 rings (SSSR count). The molecule has 2 atom stereocenters. The Kier molecular flexibility index (Phi) is 2.56. The van der Waals surface area contributed by atoms with Gasteiger partial charge in [0.05, 0.1) is 12.2 Å². The molecule has 3 aromatic carbocycles. The Balaban J connectivity index is 2.14. The Morgan fingerprint density at radius 1 is 0.864 bits per heavy atom. The van der Waals surface area contributed by atoms with Crippen LogP contribution >= 0.6 is 15.9 Å². The number of hydrogen-bond acceptors (Lipinski definition) is 2. The van der Waals surface area contributed by atoms with E-state index in [1.807, 2.05) is 30.3 Å². The molecular formula is C19H13BrO2. The van der Waals surface area contributed by atoms with Crippen LogP contribution in [0.25, 0.3) is 21.5 Å². The van der Waals surface area contributed by atoms with Crippen LogP contribution in [0.2, 0.25) is 0 Å². The monoisotopic (exact) mass is 352 g/mol. The van der Waals surface area contributed by atoms with Crippen LogP contribution in [-0.2, 0) is 4.74 Å². The molecule has 0 aliphatic carbocycles. The van der Waals surface area contributed by atoms with E-state index < -0.39 is 0 Å². The molecule has 2 heterocycles. The highest BCUT2D eigenvalue weighted by atomic mass is 79.9. The zero-order valence-electron chi connectivity index (χ0n) is 11.8.